The van der Waals surface area contributed by atoms with Crippen molar-refractivity contribution in [3.05, 3.63) is 0 Å². The molecule has 0 spiro atoms. The van der Waals surface area contributed by atoms with Gasteiger partial charge in [0.25, 0.3) is 0 Å². The summed E-state index contributed by atoms with van der Waals surface area (Å²) in [6.07, 6.45) is -0.567. The number of rotatable bonds is 30. The highest BCUT2D eigenvalue weighted by Gasteiger charge is 2.36. The van der Waals surface area contributed by atoms with E-state index in [4.69, 9.17) is 5.73 Å². The molecule has 0 fully saturated rings. The third-order valence-corrected chi connectivity index (χ3v) is 10.4. The summed E-state index contributed by atoms with van der Waals surface area (Å²) in [5, 5.41) is 60.4. The molecule has 0 rings (SSSR count). The van der Waals surface area contributed by atoms with Gasteiger partial charge in [-0.15, -0.1) is 0 Å². The van der Waals surface area contributed by atoms with Crippen LogP contribution in [0.1, 0.15) is 88.5 Å². The van der Waals surface area contributed by atoms with Crippen LogP contribution in [0.4, 0.5) is 0 Å². The van der Waals surface area contributed by atoms with Gasteiger partial charge in [-0.3, -0.25) is 47.9 Å². The van der Waals surface area contributed by atoms with Crippen molar-refractivity contribution in [2.75, 3.05) is 26.2 Å². The zero-order valence-corrected chi connectivity index (χ0v) is 39.3. The monoisotopic (exact) mass is 945 g/mol. The molecule has 0 saturated carbocycles. The molecular weight excluding hydrogens is 873 g/mol. The average Bonchev–Trinajstić information content (AvgIpc) is 3.23. The Hall–Kier alpha value is -5.95. The molecule has 0 saturated heterocycles. The predicted octanol–water partition coefficient (Wildman–Crippen LogP) is -4.46. The van der Waals surface area contributed by atoms with E-state index in [0.29, 0.717) is 12.8 Å². The van der Waals surface area contributed by atoms with Crippen molar-refractivity contribution in [2.24, 2.45) is 35.3 Å². The summed E-state index contributed by atoms with van der Waals surface area (Å²) in [6.45, 7) is 12.6. The Kier molecular flexibility index (Phi) is 26.9. The van der Waals surface area contributed by atoms with Gasteiger partial charge in [0, 0.05) is 6.54 Å². The molecule has 0 aromatic carbocycles. The van der Waals surface area contributed by atoms with Crippen LogP contribution in [0, 0.1) is 29.6 Å². The first-order valence-electron chi connectivity index (χ1n) is 21.8. The molecule has 0 unspecified atom stereocenters. The Morgan fingerprint density at radius 3 is 1.41 bits per heavy atom. The maximum Gasteiger partial charge on any atom is 0.326 e. The van der Waals surface area contributed by atoms with Crippen LogP contribution >= 0.6 is 0 Å². The number of hydrogen-bond donors (Lipinski definition) is 14. The first-order valence-corrected chi connectivity index (χ1v) is 21.8. The molecule has 66 heavy (non-hydrogen) atoms. The van der Waals surface area contributed by atoms with Crippen LogP contribution in [0.25, 0.3) is 0 Å². The topological polar surface area (TPSA) is 403 Å². The minimum absolute atomic E-state index is 0.00565. The van der Waals surface area contributed by atoms with Crippen molar-refractivity contribution < 1.29 is 73.2 Å². The number of carboxylic acid groups (broad SMARTS) is 2. The zero-order valence-electron chi connectivity index (χ0n) is 39.3. The molecule has 0 radical (unpaired) electrons. The van der Waals surface area contributed by atoms with Crippen molar-refractivity contribution in [1.82, 2.24) is 47.9 Å². The normalized spacial score (nSPS) is 16.2. The minimum atomic E-state index is -2.10. The molecule has 0 bridgehead atoms. The number of carbonyl (C=O) groups is 11. The van der Waals surface area contributed by atoms with Gasteiger partial charge in [-0.2, -0.15) is 0 Å². The lowest BCUT2D eigenvalue weighted by atomic mass is 9.97. The van der Waals surface area contributed by atoms with E-state index >= 15 is 0 Å². The number of aliphatic carboxylic acids is 2. The molecule has 0 aromatic heterocycles. The van der Waals surface area contributed by atoms with Crippen molar-refractivity contribution >= 4 is 65.1 Å². The summed E-state index contributed by atoms with van der Waals surface area (Å²) < 4.78 is 0. The molecule has 0 aliphatic rings. The second-order valence-corrected chi connectivity index (χ2v) is 17.0. The first kappa shape index (κ1) is 60.1. The molecule has 15 N–H and O–H groups in total. The molecule has 11 atom stereocenters. The van der Waals surface area contributed by atoms with Gasteiger partial charge in [0.2, 0.25) is 53.2 Å². The fourth-order valence-corrected chi connectivity index (χ4v) is 5.92. The number of nitrogens with one attached hydrogen (secondary N) is 9. The summed E-state index contributed by atoms with van der Waals surface area (Å²) in [4.78, 5) is 140. The van der Waals surface area contributed by atoms with Gasteiger partial charge in [0.05, 0.1) is 31.8 Å². The molecule has 25 nitrogen and oxygen atoms in total. The van der Waals surface area contributed by atoms with E-state index < -0.39 is 163 Å². The fraction of sp³-hybridized carbons (Fsp3) is 0.732. The number of carbonyl (C=O) groups excluding carboxylic acids is 9. The van der Waals surface area contributed by atoms with Gasteiger partial charge in [-0.25, -0.2) is 4.79 Å². The highest BCUT2D eigenvalue weighted by atomic mass is 16.4. The third-order valence-electron chi connectivity index (χ3n) is 10.4. The summed E-state index contributed by atoms with van der Waals surface area (Å²) >= 11 is 0. The van der Waals surface area contributed by atoms with Gasteiger partial charge < -0.3 is 74.0 Å². The van der Waals surface area contributed by atoms with Gasteiger partial charge in [0.1, 0.15) is 36.3 Å². The molecule has 0 aliphatic carbocycles. The van der Waals surface area contributed by atoms with Crippen LogP contribution in [0.5, 0.6) is 0 Å². The predicted molar refractivity (Wildman–Crippen MR) is 235 cm³/mol. The van der Waals surface area contributed by atoms with Crippen molar-refractivity contribution in [1.29, 1.82) is 0 Å². The highest BCUT2D eigenvalue weighted by molar-refractivity contribution is 6.01. The summed E-state index contributed by atoms with van der Waals surface area (Å²) in [6, 6.07) is -9.26. The van der Waals surface area contributed by atoms with E-state index in [-0.39, 0.29) is 12.3 Å². The van der Waals surface area contributed by atoms with Crippen LogP contribution in [0.2, 0.25) is 0 Å². The maximum atomic E-state index is 13.2. The SMILES string of the molecule is CC[C@H](C)[C@H](NC(=O)[C@@H](NC(=O)[C@H](CO)NC(=O)[C@@H](CNC(=O)[C@@H](NC(=O)CNC(=O)[C@@H](NC(=O)CNC(=O)[C@H](CC(C)C)NC(=O)[C@H](C)N)[C@@H](C)CC)[C@@H](C)O)C(=O)O)C(C)C)C(=O)O. The quantitative estimate of drug-likeness (QED) is 0.0302. The van der Waals surface area contributed by atoms with Gasteiger partial charge in [0.15, 0.2) is 5.92 Å². The van der Waals surface area contributed by atoms with E-state index in [9.17, 15) is 73.2 Å². The van der Waals surface area contributed by atoms with E-state index in [1.165, 1.54) is 20.8 Å². The Bertz CT molecular complexity index is 1710. The smallest absolute Gasteiger partial charge is 0.326 e. The molecule has 9 amide bonds. The maximum absolute atomic E-state index is 13.2. The van der Waals surface area contributed by atoms with E-state index in [1.54, 1.807) is 27.7 Å². The van der Waals surface area contributed by atoms with Crippen LogP contribution < -0.4 is 53.6 Å². The molecular formula is C41H72N10O15. The number of hydrogen-bond acceptors (Lipinski definition) is 14. The first-order chi connectivity index (χ1) is 30.6. The summed E-state index contributed by atoms with van der Waals surface area (Å²) in [5.74, 6) is -15.1. The Morgan fingerprint density at radius 1 is 0.500 bits per heavy atom. The standard InChI is InChI=1S/C41H72N10O15/c1-11-20(7)30(48-27(54)15-44-35(58)25(13-18(3)4)46-33(56)22(9)42)37(60)45-16-28(55)49-32(23(10)53)38(61)43-14-24(40(63)64)34(57)47-26(17-52)36(59)50-29(19(5)6)39(62)51-31(41(65)66)21(8)12-2/h18-26,29-32,52-53H,11-17,42H2,1-10H3,(H,43,61)(H,44,58)(H,45,60)(H,46,56)(H,47,57)(H,48,54)(H,49,55)(H,50,59)(H,51,62)(H,63,64)(H,65,66)/t20-,21-,22-,23+,24+,25-,26-,29-,30-,31-,32-/m0/s1. The lowest BCUT2D eigenvalue weighted by molar-refractivity contribution is -0.148. The van der Waals surface area contributed by atoms with Crippen molar-refractivity contribution in [3.8, 4) is 0 Å². The van der Waals surface area contributed by atoms with E-state index in [1.807, 2.05) is 19.2 Å². The third kappa shape index (κ3) is 20.9. The highest BCUT2D eigenvalue weighted by Crippen LogP contribution is 2.12. The molecule has 25 heteroatoms. The molecule has 0 aliphatic heterocycles. The largest absolute Gasteiger partial charge is 0.481 e. The lowest BCUT2D eigenvalue weighted by Crippen LogP contribution is -2.60. The number of amides is 9. The number of nitrogens with two attached hydrogens (primary N) is 1. The molecule has 376 valence electrons. The minimum Gasteiger partial charge on any atom is -0.481 e. The molecule has 0 aromatic rings. The van der Waals surface area contributed by atoms with Gasteiger partial charge in [-0.1, -0.05) is 68.2 Å². The summed E-state index contributed by atoms with van der Waals surface area (Å²) in [7, 11) is 0. The second-order valence-electron chi connectivity index (χ2n) is 17.0. The van der Waals surface area contributed by atoms with Crippen LogP contribution in [0.15, 0.2) is 0 Å². The second kappa shape index (κ2) is 29.6. The summed E-state index contributed by atoms with van der Waals surface area (Å²) in [5.41, 5.74) is 5.60. The van der Waals surface area contributed by atoms with Crippen molar-refractivity contribution in [2.45, 2.75) is 137 Å². The van der Waals surface area contributed by atoms with E-state index in [2.05, 4.69) is 42.5 Å². The number of carboxylic acids is 2. The van der Waals surface area contributed by atoms with Crippen LogP contribution in [-0.2, 0) is 52.7 Å². The van der Waals surface area contributed by atoms with Gasteiger partial charge in [-0.05, 0) is 43.9 Å². The molecule has 0 heterocycles. The Morgan fingerprint density at radius 2 is 0.970 bits per heavy atom. The van der Waals surface area contributed by atoms with Crippen molar-refractivity contribution in [3.63, 3.8) is 0 Å². The van der Waals surface area contributed by atoms with E-state index in [0.717, 1.165) is 6.92 Å². The Balaban J connectivity index is 5.64. The average molecular weight is 945 g/mol. The lowest BCUT2D eigenvalue weighted by Gasteiger charge is -2.28. The number of aliphatic hydroxyl groups is 2. The van der Waals surface area contributed by atoms with Gasteiger partial charge >= 0.3 is 11.9 Å². The van der Waals surface area contributed by atoms with Crippen LogP contribution in [-0.4, -0.2) is 160 Å². The van der Waals surface area contributed by atoms with Crippen LogP contribution in [0.3, 0.4) is 0 Å². The number of aliphatic hydroxyl groups excluding tert-OH is 2. The Labute approximate surface area is 384 Å². The fourth-order valence-electron chi connectivity index (χ4n) is 5.92. The zero-order chi connectivity index (χ0) is 51.2.